The SMILES string of the molecule is C=N/C(=N\C(=C/C)Nc1ccnc(Nc2csc(C(=O)OCC3CCNCC3)c2)n1)c1cccc(C)n1. The van der Waals surface area contributed by atoms with Gasteiger partial charge in [0.1, 0.15) is 22.2 Å². The number of thiophene rings is 1. The van der Waals surface area contributed by atoms with Crippen molar-refractivity contribution in [3.05, 3.63) is 70.1 Å². The summed E-state index contributed by atoms with van der Waals surface area (Å²) in [6.07, 6.45) is 5.49. The molecule has 0 atom stereocenters. The number of aliphatic imine (C=N–C) groups is 2. The van der Waals surface area contributed by atoms with Gasteiger partial charge >= 0.3 is 5.97 Å². The molecule has 3 aromatic rings. The number of allylic oxidation sites excluding steroid dienone is 1. The molecule has 192 valence electrons. The maximum atomic E-state index is 12.5. The molecule has 0 bridgehead atoms. The molecule has 1 aliphatic rings. The summed E-state index contributed by atoms with van der Waals surface area (Å²) in [5.74, 6) is 1.95. The molecule has 37 heavy (non-hydrogen) atoms. The Bertz CT molecular complexity index is 1300. The summed E-state index contributed by atoms with van der Waals surface area (Å²) in [5.41, 5.74) is 2.20. The summed E-state index contributed by atoms with van der Waals surface area (Å²) in [7, 11) is 0. The predicted molar refractivity (Wildman–Crippen MR) is 148 cm³/mol. The fraction of sp³-hybridized carbons (Fsp3) is 0.308. The highest BCUT2D eigenvalue weighted by molar-refractivity contribution is 7.12. The Balaban J connectivity index is 1.38. The van der Waals surface area contributed by atoms with E-state index in [0.717, 1.165) is 31.6 Å². The van der Waals surface area contributed by atoms with Crippen LogP contribution in [0.1, 0.15) is 40.8 Å². The smallest absolute Gasteiger partial charge is 0.348 e. The lowest BCUT2D eigenvalue weighted by Crippen LogP contribution is -2.30. The minimum atomic E-state index is -0.307. The third kappa shape index (κ3) is 7.51. The van der Waals surface area contributed by atoms with Crippen molar-refractivity contribution in [2.75, 3.05) is 30.3 Å². The molecule has 3 aromatic heterocycles. The van der Waals surface area contributed by atoms with E-state index in [1.165, 1.54) is 11.3 Å². The minimum absolute atomic E-state index is 0.307. The molecule has 1 aliphatic heterocycles. The molecule has 0 radical (unpaired) electrons. The lowest BCUT2D eigenvalue weighted by molar-refractivity contribution is 0.0421. The maximum absolute atomic E-state index is 12.5. The topological polar surface area (TPSA) is 126 Å². The number of rotatable bonds is 9. The molecule has 4 heterocycles. The van der Waals surface area contributed by atoms with E-state index in [4.69, 9.17) is 4.74 Å². The van der Waals surface area contributed by atoms with Gasteiger partial charge in [0.2, 0.25) is 5.95 Å². The molecule has 0 aromatic carbocycles. The van der Waals surface area contributed by atoms with Crippen LogP contribution in [0.25, 0.3) is 0 Å². The molecule has 0 unspecified atom stereocenters. The zero-order chi connectivity index (χ0) is 26.0. The van der Waals surface area contributed by atoms with Crippen molar-refractivity contribution in [2.24, 2.45) is 15.9 Å². The molecule has 1 fully saturated rings. The van der Waals surface area contributed by atoms with E-state index >= 15 is 0 Å². The monoisotopic (exact) mass is 518 g/mol. The number of aryl methyl sites for hydroxylation is 1. The van der Waals surface area contributed by atoms with Crippen molar-refractivity contribution in [3.8, 4) is 0 Å². The van der Waals surface area contributed by atoms with Gasteiger partial charge in [0.25, 0.3) is 0 Å². The van der Waals surface area contributed by atoms with Gasteiger partial charge in [-0.25, -0.2) is 24.7 Å². The van der Waals surface area contributed by atoms with Crippen LogP contribution in [-0.2, 0) is 4.74 Å². The first-order valence-corrected chi connectivity index (χ1v) is 12.9. The van der Waals surface area contributed by atoms with Crippen LogP contribution < -0.4 is 16.0 Å². The van der Waals surface area contributed by atoms with Crippen molar-refractivity contribution in [3.63, 3.8) is 0 Å². The van der Waals surface area contributed by atoms with Crippen molar-refractivity contribution in [1.29, 1.82) is 0 Å². The molecule has 0 spiro atoms. The molecule has 0 aliphatic carbocycles. The van der Waals surface area contributed by atoms with Crippen LogP contribution in [0.2, 0.25) is 0 Å². The average Bonchev–Trinajstić information content (AvgIpc) is 3.39. The lowest BCUT2D eigenvalue weighted by Gasteiger charge is -2.21. The van der Waals surface area contributed by atoms with E-state index in [9.17, 15) is 4.79 Å². The number of aromatic nitrogens is 3. The van der Waals surface area contributed by atoms with E-state index in [1.54, 1.807) is 24.4 Å². The van der Waals surface area contributed by atoms with Gasteiger partial charge in [-0.2, -0.15) is 4.98 Å². The Hall–Kier alpha value is -3.96. The fourth-order valence-corrected chi connectivity index (χ4v) is 4.42. The first-order valence-electron chi connectivity index (χ1n) is 12.0. The number of amidine groups is 1. The van der Waals surface area contributed by atoms with Crippen LogP contribution in [0.15, 0.2) is 63.8 Å². The number of nitrogens with zero attached hydrogens (tertiary/aromatic N) is 5. The lowest BCUT2D eigenvalue weighted by atomic mass is 9.99. The number of esters is 1. The number of piperidine rings is 1. The van der Waals surface area contributed by atoms with Crippen LogP contribution in [0.3, 0.4) is 0 Å². The van der Waals surface area contributed by atoms with E-state index in [-0.39, 0.29) is 5.97 Å². The summed E-state index contributed by atoms with van der Waals surface area (Å²) < 4.78 is 5.53. The molecule has 4 rings (SSSR count). The third-order valence-corrected chi connectivity index (χ3v) is 6.55. The second-order valence-corrected chi connectivity index (χ2v) is 9.35. The van der Waals surface area contributed by atoms with Gasteiger partial charge < -0.3 is 20.7 Å². The van der Waals surface area contributed by atoms with Crippen molar-refractivity contribution in [1.82, 2.24) is 20.3 Å². The van der Waals surface area contributed by atoms with Gasteiger partial charge in [0.15, 0.2) is 5.84 Å². The standard InChI is InChI=1S/C26H30N8O2S/c1-4-22(33-24(27-3)20-7-5-6-17(2)30-20)32-23-10-13-29-26(34-23)31-19-14-21(37-16-19)25(35)36-15-18-8-11-28-12-9-18/h4-7,10,13-14,16,18,28H,3,8-9,11-12,15H2,1-2H3,(H2,29,31,32,34)/b22-4-,33-24-. The van der Waals surface area contributed by atoms with Gasteiger partial charge in [0, 0.05) is 17.3 Å². The molecule has 11 heteroatoms. The van der Waals surface area contributed by atoms with Crippen LogP contribution in [-0.4, -0.2) is 53.2 Å². The van der Waals surface area contributed by atoms with Crippen LogP contribution in [0.4, 0.5) is 17.5 Å². The zero-order valence-electron chi connectivity index (χ0n) is 20.9. The molecule has 0 amide bonds. The van der Waals surface area contributed by atoms with E-state index < -0.39 is 0 Å². The fourth-order valence-electron chi connectivity index (χ4n) is 3.69. The summed E-state index contributed by atoms with van der Waals surface area (Å²) in [4.78, 5) is 34.8. The average molecular weight is 519 g/mol. The molecular formula is C26H30N8O2S. The number of carbonyl (C=O) groups is 1. The van der Waals surface area contributed by atoms with Gasteiger partial charge in [-0.3, -0.25) is 0 Å². The predicted octanol–water partition coefficient (Wildman–Crippen LogP) is 4.56. The minimum Gasteiger partial charge on any atom is -0.461 e. The number of anilines is 3. The number of carbonyl (C=O) groups excluding carboxylic acids is 1. The molecule has 10 nitrogen and oxygen atoms in total. The first kappa shape index (κ1) is 26.1. The van der Waals surface area contributed by atoms with Gasteiger partial charge in [-0.1, -0.05) is 6.07 Å². The maximum Gasteiger partial charge on any atom is 0.348 e. The highest BCUT2D eigenvalue weighted by Crippen LogP contribution is 2.24. The van der Waals surface area contributed by atoms with Gasteiger partial charge in [-0.05, 0) is 82.8 Å². The Labute approximate surface area is 220 Å². The summed E-state index contributed by atoms with van der Waals surface area (Å²) >= 11 is 1.32. The van der Waals surface area contributed by atoms with Crippen LogP contribution in [0, 0.1) is 12.8 Å². The van der Waals surface area contributed by atoms with Gasteiger partial charge in [0.05, 0.1) is 12.3 Å². The first-order chi connectivity index (χ1) is 18.0. The summed E-state index contributed by atoms with van der Waals surface area (Å²) in [5, 5.41) is 11.5. The largest absolute Gasteiger partial charge is 0.461 e. The normalized spacial score (nSPS) is 14.8. The Morgan fingerprint density at radius 2 is 2.14 bits per heavy atom. The molecule has 0 saturated carbocycles. The van der Waals surface area contributed by atoms with Gasteiger partial charge in [-0.15, -0.1) is 11.3 Å². The Morgan fingerprint density at radius 1 is 1.30 bits per heavy atom. The summed E-state index contributed by atoms with van der Waals surface area (Å²) in [6.45, 7) is 9.79. The second-order valence-electron chi connectivity index (χ2n) is 8.44. The van der Waals surface area contributed by atoms with E-state index in [1.807, 2.05) is 37.4 Å². The second kappa shape index (κ2) is 12.8. The number of ether oxygens (including phenoxy) is 1. The molecule has 3 N–H and O–H groups in total. The Morgan fingerprint density at radius 3 is 2.89 bits per heavy atom. The highest BCUT2D eigenvalue weighted by Gasteiger charge is 2.17. The number of nitrogens with one attached hydrogen (secondary N) is 3. The van der Waals surface area contributed by atoms with Crippen molar-refractivity contribution < 1.29 is 9.53 Å². The van der Waals surface area contributed by atoms with Crippen molar-refractivity contribution in [2.45, 2.75) is 26.7 Å². The van der Waals surface area contributed by atoms with E-state index in [2.05, 4.69) is 47.6 Å². The van der Waals surface area contributed by atoms with E-state index in [0.29, 0.717) is 52.2 Å². The Kier molecular flexibility index (Phi) is 9.06. The van der Waals surface area contributed by atoms with Crippen LogP contribution >= 0.6 is 11.3 Å². The summed E-state index contributed by atoms with van der Waals surface area (Å²) in [6, 6.07) is 9.11. The number of pyridine rings is 1. The molecular weight excluding hydrogens is 488 g/mol. The number of hydrogen-bond acceptors (Lipinski definition) is 10. The number of hydrogen-bond donors (Lipinski definition) is 3. The quantitative estimate of drug-likeness (QED) is 0.214. The molecule has 1 saturated heterocycles. The third-order valence-electron chi connectivity index (χ3n) is 5.64. The zero-order valence-corrected chi connectivity index (χ0v) is 21.7. The van der Waals surface area contributed by atoms with Crippen molar-refractivity contribution >= 4 is 47.3 Å². The van der Waals surface area contributed by atoms with Crippen LogP contribution in [0.5, 0.6) is 0 Å². The highest BCUT2D eigenvalue weighted by atomic mass is 32.1.